The predicted molar refractivity (Wildman–Crippen MR) is 155 cm³/mol. The van der Waals surface area contributed by atoms with Crippen molar-refractivity contribution in [3.8, 4) is 0 Å². The van der Waals surface area contributed by atoms with Gasteiger partial charge >= 0.3 is 0 Å². The van der Waals surface area contributed by atoms with Gasteiger partial charge in [-0.1, -0.05) is 60.1 Å². The molecule has 4 N–H and O–H groups in total. The second kappa shape index (κ2) is 11.3. The van der Waals surface area contributed by atoms with Gasteiger partial charge in [0.25, 0.3) is 11.8 Å². The lowest BCUT2D eigenvalue weighted by atomic mass is 10.0. The number of aliphatic hydroxyl groups is 1. The van der Waals surface area contributed by atoms with Gasteiger partial charge in [0.2, 0.25) is 5.91 Å². The molecule has 0 bridgehead atoms. The Morgan fingerprint density at radius 2 is 1.48 bits per heavy atom. The van der Waals surface area contributed by atoms with Gasteiger partial charge in [0, 0.05) is 39.2 Å². The first kappa shape index (κ1) is 26.4. The number of nitrogens with one attached hydrogen (secondary N) is 2. The highest BCUT2D eigenvalue weighted by atomic mass is 35.5. The van der Waals surface area contributed by atoms with Crippen molar-refractivity contribution < 1.29 is 24.7 Å². The first-order valence-corrected chi connectivity index (χ1v) is 12.5. The Labute approximate surface area is 234 Å². The smallest absolute Gasteiger partial charge is 0.286 e. The molecule has 4 aromatic rings. The molecule has 0 aromatic heterocycles. The van der Waals surface area contributed by atoms with Crippen LogP contribution < -0.4 is 15.7 Å². The Kier molecular flexibility index (Phi) is 7.46. The van der Waals surface area contributed by atoms with Crippen molar-refractivity contribution in [1.29, 1.82) is 0 Å². The maximum atomic E-state index is 12.8. The monoisotopic (exact) mass is 551 g/mol. The van der Waals surface area contributed by atoms with Crippen LogP contribution in [0.5, 0.6) is 0 Å². The van der Waals surface area contributed by atoms with Crippen LogP contribution >= 0.6 is 11.6 Å². The van der Waals surface area contributed by atoms with E-state index in [1.165, 1.54) is 12.1 Å². The Bertz CT molecular complexity index is 1680. The Balaban J connectivity index is 1.27. The first-order valence-electron chi connectivity index (χ1n) is 12.1. The van der Waals surface area contributed by atoms with E-state index in [2.05, 4.69) is 10.6 Å². The molecular formula is C31H22ClN3O5. The third kappa shape index (κ3) is 5.49. The molecule has 0 radical (unpaired) electrons. The summed E-state index contributed by atoms with van der Waals surface area (Å²) in [5.74, 6) is -1.83. The van der Waals surface area contributed by atoms with Gasteiger partial charge in [-0.05, 0) is 60.2 Å². The zero-order valence-electron chi connectivity index (χ0n) is 20.8. The number of hydrogen-bond donors (Lipinski definition) is 4. The number of halogens is 1. The molecule has 0 fully saturated rings. The highest BCUT2D eigenvalue weighted by Crippen LogP contribution is 2.40. The molecule has 3 amide bonds. The van der Waals surface area contributed by atoms with E-state index in [1.807, 2.05) is 6.07 Å². The number of rotatable bonds is 6. The summed E-state index contributed by atoms with van der Waals surface area (Å²) in [4.78, 5) is 37.8. The minimum Gasteiger partial charge on any atom is -0.506 e. The summed E-state index contributed by atoms with van der Waals surface area (Å²) < 4.78 is 0. The van der Waals surface area contributed by atoms with Crippen LogP contribution in [0.1, 0.15) is 27.0 Å². The summed E-state index contributed by atoms with van der Waals surface area (Å²) in [6.45, 7) is 0. The lowest BCUT2D eigenvalue weighted by Crippen LogP contribution is -2.22. The zero-order valence-corrected chi connectivity index (χ0v) is 21.6. The average Bonchev–Trinajstić information content (AvgIpc) is 3.22. The number of fused-ring (bicyclic) bond motifs is 1. The number of anilines is 3. The molecule has 0 unspecified atom stereocenters. The maximum absolute atomic E-state index is 12.8. The fourth-order valence-corrected chi connectivity index (χ4v) is 4.36. The fraction of sp³-hybridized carbons (Fsp3) is 0. The molecule has 9 heteroatoms. The van der Waals surface area contributed by atoms with Gasteiger partial charge in [0.1, 0.15) is 5.76 Å². The van der Waals surface area contributed by atoms with E-state index < -0.39 is 11.8 Å². The Morgan fingerprint density at radius 1 is 0.800 bits per heavy atom. The number of carbonyl (C=O) groups excluding carboxylic acids is 3. The van der Waals surface area contributed by atoms with Crippen LogP contribution in [0, 0.1) is 0 Å². The normalized spacial score (nSPS) is 13.8. The minimum atomic E-state index is -0.779. The van der Waals surface area contributed by atoms with Crippen molar-refractivity contribution in [2.45, 2.75) is 0 Å². The molecule has 4 aromatic carbocycles. The van der Waals surface area contributed by atoms with Crippen LogP contribution in [0.2, 0.25) is 5.02 Å². The van der Waals surface area contributed by atoms with E-state index in [9.17, 15) is 24.7 Å². The van der Waals surface area contributed by atoms with E-state index in [4.69, 9.17) is 11.6 Å². The van der Waals surface area contributed by atoms with Crippen molar-refractivity contribution in [2.75, 3.05) is 15.7 Å². The number of amides is 3. The largest absolute Gasteiger partial charge is 0.506 e. The van der Waals surface area contributed by atoms with Crippen molar-refractivity contribution in [1.82, 2.24) is 0 Å². The number of hydroxylamine groups is 1. The summed E-state index contributed by atoms with van der Waals surface area (Å²) >= 11 is 6.09. The van der Waals surface area contributed by atoms with Crippen LogP contribution in [-0.4, -0.2) is 28.0 Å². The van der Waals surface area contributed by atoms with Crippen LogP contribution in [0.3, 0.4) is 0 Å². The third-order valence-electron chi connectivity index (χ3n) is 6.18. The summed E-state index contributed by atoms with van der Waals surface area (Å²) in [5.41, 5.74) is 2.71. The van der Waals surface area contributed by atoms with Gasteiger partial charge in [0.05, 0.1) is 11.3 Å². The van der Waals surface area contributed by atoms with Crippen LogP contribution in [0.25, 0.3) is 17.4 Å². The maximum Gasteiger partial charge on any atom is 0.286 e. The highest BCUT2D eigenvalue weighted by molar-refractivity contribution is 6.36. The molecule has 0 saturated heterocycles. The molecular weight excluding hydrogens is 530 g/mol. The number of benzene rings is 4. The molecule has 8 nitrogen and oxygen atoms in total. The molecule has 0 saturated carbocycles. The van der Waals surface area contributed by atoms with E-state index in [1.54, 1.807) is 91.0 Å². The Morgan fingerprint density at radius 3 is 2.20 bits per heavy atom. The fourth-order valence-electron chi connectivity index (χ4n) is 4.16. The predicted octanol–water partition coefficient (Wildman–Crippen LogP) is 6.41. The van der Waals surface area contributed by atoms with Crippen molar-refractivity contribution in [3.05, 3.63) is 130 Å². The van der Waals surface area contributed by atoms with Gasteiger partial charge in [-0.15, -0.1) is 0 Å². The molecule has 40 heavy (non-hydrogen) atoms. The lowest BCUT2D eigenvalue weighted by Gasteiger charge is -2.10. The second-order valence-electron chi connectivity index (χ2n) is 8.81. The van der Waals surface area contributed by atoms with Gasteiger partial charge in [-0.2, -0.15) is 5.06 Å². The summed E-state index contributed by atoms with van der Waals surface area (Å²) in [7, 11) is 0. The average molecular weight is 552 g/mol. The quantitative estimate of drug-likeness (QED) is 0.125. The molecule has 0 atom stereocenters. The number of aliphatic hydroxyl groups excluding tert-OH is 1. The van der Waals surface area contributed by atoms with E-state index in [0.717, 1.165) is 0 Å². The first-order chi connectivity index (χ1) is 19.3. The molecule has 198 valence electrons. The van der Waals surface area contributed by atoms with Crippen molar-refractivity contribution in [2.24, 2.45) is 0 Å². The van der Waals surface area contributed by atoms with E-state index in [-0.39, 0.29) is 22.9 Å². The van der Waals surface area contributed by atoms with E-state index >= 15 is 0 Å². The topological polar surface area (TPSA) is 119 Å². The summed E-state index contributed by atoms with van der Waals surface area (Å²) in [6.07, 6.45) is 2.98. The SMILES string of the molecule is O=C(/C=C/c1ccccc1Cl)Nc1ccc(C(=O)Nc2ccc3c(c2)N(O)C(=O)/C3=C(\O)c2ccccc2)cc1. The summed E-state index contributed by atoms with van der Waals surface area (Å²) in [5, 5.41) is 27.5. The third-order valence-corrected chi connectivity index (χ3v) is 6.52. The minimum absolute atomic E-state index is 0.0408. The second-order valence-corrected chi connectivity index (χ2v) is 9.22. The van der Waals surface area contributed by atoms with Crippen molar-refractivity contribution in [3.63, 3.8) is 0 Å². The molecule has 1 aliphatic rings. The zero-order chi connectivity index (χ0) is 28.2. The molecule has 0 spiro atoms. The van der Waals surface area contributed by atoms with Gasteiger partial charge in [0.15, 0.2) is 0 Å². The number of carbonyl (C=O) groups is 3. The van der Waals surface area contributed by atoms with Gasteiger partial charge in [-0.3, -0.25) is 19.6 Å². The molecule has 1 aliphatic heterocycles. The molecule has 1 heterocycles. The van der Waals surface area contributed by atoms with Gasteiger partial charge < -0.3 is 15.7 Å². The van der Waals surface area contributed by atoms with Gasteiger partial charge in [-0.25, -0.2) is 0 Å². The van der Waals surface area contributed by atoms with Crippen LogP contribution in [0.15, 0.2) is 103 Å². The van der Waals surface area contributed by atoms with Crippen LogP contribution in [-0.2, 0) is 9.59 Å². The molecule has 0 aliphatic carbocycles. The lowest BCUT2D eigenvalue weighted by molar-refractivity contribution is -0.117. The number of hydrogen-bond acceptors (Lipinski definition) is 5. The highest BCUT2D eigenvalue weighted by Gasteiger charge is 2.35. The van der Waals surface area contributed by atoms with Crippen LogP contribution in [0.4, 0.5) is 17.1 Å². The van der Waals surface area contributed by atoms with E-state index in [0.29, 0.717) is 43.7 Å². The Hall–Kier alpha value is -5.18. The molecule has 5 rings (SSSR count). The standard InChI is InChI=1S/C31H22ClN3O5/c32-25-9-5-4-6-19(25)12-17-27(36)33-22-13-10-21(11-14-22)30(38)34-23-15-16-24-26(18-23)35(40)31(39)28(24)29(37)20-7-2-1-3-8-20/h1-18,37,40H,(H,33,36)(H,34,38)/b17-12+,29-28-. The van der Waals surface area contributed by atoms with Crippen molar-refractivity contribution >= 4 is 63.8 Å². The number of nitrogens with zero attached hydrogens (tertiary/aromatic N) is 1. The summed E-state index contributed by atoms with van der Waals surface area (Å²) in [6, 6.07) is 26.5.